The van der Waals surface area contributed by atoms with Crippen molar-refractivity contribution < 1.29 is 9.13 Å². The smallest absolute Gasteiger partial charge is 0.229 e. The topological polar surface area (TPSA) is 76.1 Å². The van der Waals surface area contributed by atoms with Crippen molar-refractivity contribution in [2.45, 2.75) is 38.5 Å². The Bertz CT molecular complexity index is 1350. The van der Waals surface area contributed by atoms with Gasteiger partial charge in [-0.3, -0.25) is 4.98 Å². The lowest BCUT2D eigenvalue weighted by Gasteiger charge is -2.28. The fourth-order valence-corrected chi connectivity index (χ4v) is 6.43. The first-order chi connectivity index (χ1) is 17.2. The third kappa shape index (κ3) is 4.34. The Morgan fingerprint density at radius 3 is 2.66 bits per heavy atom. The van der Waals surface area contributed by atoms with Crippen LogP contribution in [0.1, 0.15) is 42.7 Å². The van der Waals surface area contributed by atoms with E-state index in [2.05, 4.69) is 36.2 Å². The summed E-state index contributed by atoms with van der Waals surface area (Å²) in [5.41, 5.74) is 4.59. The number of anilines is 3. The maximum absolute atomic E-state index is 15.0. The van der Waals surface area contributed by atoms with Crippen LogP contribution in [0.25, 0.3) is 20.8 Å². The van der Waals surface area contributed by atoms with Crippen molar-refractivity contribution in [3.63, 3.8) is 0 Å². The van der Waals surface area contributed by atoms with Crippen LogP contribution in [-0.2, 0) is 4.74 Å². The van der Waals surface area contributed by atoms with Gasteiger partial charge in [-0.05, 0) is 55.0 Å². The summed E-state index contributed by atoms with van der Waals surface area (Å²) in [7, 11) is 0. The number of hydrogen-bond donors (Lipinski definition) is 1. The minimum absolute atomic E-state index is 0.297. The van der Waals surface area contributed by atoms with Crippen molar-refractivity contribution in [2.24, 2.45) is 0 Å². The van der Waals surface area contributed by atoms with Gasteiger partial charge in [0.1, 0.15) is 11.5 Å². The number of nitrogens with one attached hydrogen (secondary N) is 1. The molecule has 1 saturated heterocycles. The number of nitrogens with zero attached hydrogens (tertiary/aromatic N) is 5. The SMILES string of the molecule is Cc1c(-c2nc(Nc3ccc(N4CCOCC4)cn3)ncc2F)sc2c(C3CCCC3)ccnc12. The van der Waals surface area contributed by atoms with Crippen LogP contribution in [0.3, 0.4) is 0 Å². The summed E-state index contributed by atoms with van der Waals surface area (Å²) in [5.74, 6) is 1.04. The molecule has 0 radical (unpaired) electrons. The van der Waals surface area contributed by atoms with E-state index in [1.54, 1.807) is 11.3 Å². The van der Waals surface area contributed by atoms with Crippen molar-refractivity contribution in [1.82, 2.24) is 19.9 Å². The molecular formula is C26H27FN6OS. The number of pyridine rings is 2. The van der Waals surface area contributed by atoms with Gasteiger partial charge in [-0.1, -0.05) is 12.8 Å². The number of halogens is 1. The Morgan fingerprint density at radius 2 is 1.89 bits per heavy atom. The summed E-state index contributed by atoms with van der Waals surface area (Å²) in [4.78, 5) is 20.9. The number of hydrogen-bond acceptors (Lipinski definition) is 8. The summed E-state index contributed by atoms with van der Waals surface area (Å²) in [6.07, 6.45) is 9.88. The van der Waals surface area contributed by atoms with E-state index in [0.29, 0.717) is 23.4 Å². The molecule has 4 aromatic heterocycles. The van der Waals surface area contributed by atoms with E-state index in [-0.39, 0.29) is 0 Å². The van der Waals surface area contributed by atoms with E-state index in [1.807, 2.05) is 31.5 Å². The second-order valence-corrected chi connectivity index (χ2v) is 10.2. The van der Waals surface area contributed by atoms with Gasteiger partial charge in [-0.25, -0.2) is 19.3 Å². The van der Waals surface area contributed by atoms with Crippen LogP contribution >= 0.6 is 11.3 Å². The predicted octanol–water partition coefficient (Wildman–Crippen LogP) is 5.83. The standard InChI is InChI=1S/C26H27FN6OS/c1-16-22-25(19(8-9-28-22)17-4-2-3-5-17)35-24(16)23-20(27)15-30-26(32-23)31-21-7-6-18(14-29-21)33-10-12-34-13-11-33/h6-9,14-15,17H,2-5,10-13H2,1H3,(H,29,30,31,32). The van der Waals surface area contributed by atoms with Gasteiger partial charge in [0.2, 0.25) is 5.95 Å². The zero-order valence-electron chi connectivity index (χ0n) is 19.6. The third-order valence-electron chi connectivity index (χ3n) is 6.95. The number of morpholine rings is 1. The second-order valence-electron chi connectivity index (χ2n) is 9.13. The number of fused-ring (bicyclic) bond motifs is 1. The van der Waals surface area contributed by atoms with Crippen LogP contribution in [0.2, 0.25) is 0 Å². The highest BCUT2D eigenvalue weighted by Crippen LogP contribution is 2.44. The molecule has 0 atom stereocenters. The number of aromatic nitrogens is 4. The number of ether oxygens (including phenoxy) is 1. The Balaban J connectivity index is 1.29. The van der Waals surface area contributed by atoms with E-state index >= 15 is 0 Å². The molecular weight excluding hydrogens is 463 g/mol. The molecule has 1 N–H and O–H groups in total. The Hall–Kier alpha value is -3.17. The molecule has 5 heterocycles. The molecule has 1 aliphatic carbocycles. The number of aryl methyl sites for hydroxylation is 1. The maximum atomic E-state index is 15.0. The van der Waals surface area contributed by atoms with Crippen molar-refractivity contribution in [2.75, 3.05) is 36.5 Å². The summed E-state index contributed by atoms with van der Waals surface area (Å²) in [6, 6.07) is 6.03. The minimum Gasteiger partial charge on any atom is -0.378 e. The third-order valence-corrected chi connectivity index (χ3v) is 8.29. The fourth-order valence-electron chi connectivity index (χ4n) is 5.08. The molecule has 2 fully saturated rings. The molecule has 0 unspecified atom stereocenters. The molecule has 0 bridgehead atoms. The van der Waals surface area contributed by atoms with Gasteiger partial charge in [0.15, 0.2) is 5.82 Å². The van der Waals surface area contributed by atoms with Crippen molar-refractivity contribution in [1.29, 1.82) is 0 Å². The highest BCUT2D eigenvalue weighted by molar-refractivity contribution is 7.22. The van der Waals surface area contributed by atoms with Gasteiger partial charge in [0, 0.05) is 19.3 Å². The molecule has 1 aliphatic heterocycles. The van der Waals surface area contributed by atoms with Crippen LogP contribution in [0.4, 0.5) is 21.8 Å². The molecule has 180 valence electrons. The van der Waals surface area contributed by atoms with Crippen molar-refractivity contribution >= 4 is 39.0 Å². The first-order valence-corrected chi connectivity index (χ1v) is 13.0. The van der Waals surface area contributed by atoms with Crippen LogP contribution in [0.15, 0.2) is 36.8 Å². The largest absolute Gasteiger partial charge is 0.378 e. The highest BCUT2D eigenvalue weighted by Gasteiger charge is 2.24. The summed E-state index contributed by atoms with van der Waals surface area (Å²) >= 11 is 1.59. The molecule has 7 nitrogen and oxygen atoms in total. The lowest BCUT2D eigenvalue weighted by molar-refractivity contribution is 0.122. The number of rotatable bonds is 5. The van der Waals surface area contributed by atoms with Crippen molar-refractivity contribution in [3.05, 3.63) is 53.7 Å². The molecule has 0 amide bonds. The number of thiophene rings is 1. The normalized spacial score (nSPS) is 16.8. The summed E-state index contributed by atoms with van der Waals surface area (Å²) in [6.45, 7) is 5.15. The highest BCUT2D eigenvalue weighted by atomic mass is 32.1. The minimum atomic E-state index is -0.441. The van der Waals surface area contributed by atoms with Gasteiger partial charge < -0.3 is 15.0 Å². The van der Waals surface area contributed by atoms with E-state index in [9.17, 15) is 4.39 Å². The molecule has 0 aromatic carbocycles. The Morgan fingerprint density at radius 1 is 1.06 bits per heavy atom. The average Bonchev–Trinajstić information content (AvgIpc) is 3.55. The first kappa shape index (κ1) is 22.3. The second kappa shape index (κ2) is 9.47. The van der Waals surface area contributed by atoms with E-state index in [4.69, 9.17) is 4.74 Å². The molecule has 4 aromatic rings. The van der Waals surface area contributed by atoms with Crippen LogP contribution in [0.5, 0.6) is 0 Å². The van der Waals surface area contributed by atoms with Crippen molar-refractivity contribution in [3.8, 4) is 10.6 Å². The van der Waals surface area contributed by atoms with Gasteiger partial charge >= 0.3 is 0 Å². The van der Waals surface area contributed by atoms with Crippen LogP contribution in [0, 0.1) is 12.7 Å². The van der Waals surface area contributed by atoms with Gasteiger partial charge in [0.25, 0.3) is 0 Å². The molecule has 1 saturated carbocycles. The molecule has 2 aliphatic rings. The predicted molar refractivity (Wildman–Crippen MR) is 137 cm³/mol. The van der Waals surface area contributed by atoms with Crippen LogP contribution in [-0.4, -0.2) is 46.2 Å². The Labute approximate surface area is 207 Å². The lowest BCUT2D eigenvalue weighted by Crippen LogP contribution is -2.36. The van der Waals surface area contributed by atoms with E-state index in [1.165, 1.54) is 37.4 Å². The quantitative estimate of drug-likeness (QED) is 0.377. The average molecular weight is 491 g/mol. The zero-order valence-corrected chi connectivity index (χ0v) is 20.4. The van der Waals surface area contributed by atoms with E-state index < -0.39 is 5.82 Å². The molecule has 9 heteroatoms. The summed E-state index contributed by atoms with van der Waals surface area (Å²) < 4.78 is 21.5. The first-order valence-electron chi connectivity index (χ1n) is 12.1. The van der Waals surface area contributed by atoms with E-state index in [0.717, 1.165) is 52.6 Å². The lowest BCUT2D eigenvalue weighted by atomic mass is 9.98. The molecule has 6 rings (SSSR count). The van der Waals surface area contributed by atoms with Gasteiger partial charge in [-0.2, -0.15) is 0 Å². The van der Waals surface area contributed by atoms with Crippen LogP contribution < -0.4 is 10.2 Å². The van der Waals surface area contributed by atoms with Gasteiger partial charge in [0.05, 0.1) is 46.4 Å². The monoisotopic (exact) mass is 490 g/mol. The maximum Gasteiger partial charge on any atom is 0.229 e. The zero-order chi connectivity index (χ0) is 23.8. The molecule has 35 heavy (non-hydrogen) atoms. The van der Waals surface area contributed by atoms with Gasteiger partial charge in [-0.15, -0.1) is 11.3 Å². The summed E-state index contributed by atoms with van der Waals surface area (Å²) in [5, 5.41) is 3.13. The fraction of sp³-hybridized carbons (Fsp3) is 0.385. The Kier molecular flexibility index (Phi) is 6.03. The molecule has 0 spiro atoms.